The monoisotopic (exact) mass is 237 g/mol. The van der Waals surface area contributed by atoms with Crippen molar-refractivity contribution < 1.29 is 5.11 Å². The van der Waals surface area contributed by atoms with Crippen LogP contribution in [-0.4, -0.2) is 16.7 Å². The van der Waals surface area contributed by atoms with Gasteiger partial charge in [0.1, 0.15) is 0 Å². The van der Waals surface area contributed by atoms with Gasteiger partial charge in [0.15, 0.2) is 0 Å². The van der Waals surface area contributed by atoms with E-state index in [1.54, 1.807) is 18.2 Å². The molecule has 16 heavy (non-hydrogen) atoms. The Hall–Kier alpha value is -1.32. The zero-order chi connectivity index (χ0) is 11.5. The summed E-state index contributed by atoms with van der Waals surface area (Å²) in [6, 6.07) is 7.09. The first-order valence-corrected chi connectivity index (χ1v) is 5.51. The van der Waals surface area contributed by atoms with Gasteiger partial charge in [0.25, 0.3) is 5.56 Å². The minimum Gasteiger partial charge on any atom is -0.396 e. The molecule has 0 aliphatic rings. The molecule has 0 unspecified atom stereocenters. The number of H-pyrrole nitrogens is 1. The maximum Gasteiger partial charge on any atom is 0.256 e. The van der Waals surface area contributed by atoms with Crippen molar-refractivity contribution in [3.05, 3.63) is 45.3 Å². The molecule has 2 N–H and O–H groups in total. The molecule has 3 nitrogen and oxygen atoms in total. The van der Waals surface area contributed by atoms with Gasteiger partial charge in [-0.05, 0) is 42.5 Å². The Labute approximate surface area is 97.7 Å². The standard InChI is InChI=1S/C12H12ClNO2/c13-9-3-4-11-8(6-9)7-10(2-1-5-15)14-12(11)16/h3-4,6-7,15H,1-2,5H2,(H,14,16). The van der Waals surface area contributed by atoms with Crippen LogP contribution >= 0.6 is 11.6 Å². The largest absolute Gasteiger partial charge is 0.396 e. The molecule has 2 aromatic rings. The number of rotatable bonds is 3. The summed E-state index contributed by atoms with van der Waals surface area (Å²) in [5.74, 6) is 0. The van der Waals surface area contributed by atoms with Crippen molar-refractivity contribution in [2.45, 2.75) is 12.8 Å². The molecule has 0 bridgehead atoms. The minimum absolute atomic E-state index is 0.109. The molecule has 0 spiro atoms. The van der Waals surface area contributed by atoms with Gasteiger partial charge in [-0.3, -0.25) is 4.79 Å². The quantitative estimate of drug-likeness (QED) is 0.859. The van der Waals surface area contributed by atoms with E-state index < -0.39 is 0 Å². The summed E-state index contributed by atoms with van der Waals surface area (Å²) in [5.41, 5.74) is 0.718. The van der Waals surface area contributed by atoms with Gasteiger partial charge in [0, 0.05) is 22.7 Å². The lowest BCUT2D eigenvalue weighted by Gasteiger charge is -2.03. The summed E-state index contributed by atoms with van der Waals surface area (Å²) in [6.45, 7) is 0.121. The summed E-state index contributed by atoms with van der Waals surface area (Å²) < 4.78 is 0. The van der Waals surface area contributed by atoms with Gasteiger partial charge >= 0.3 is 0 Å². The molecule has 0 aliphatic carbocycles. The fourth-order valence-electron chi connectivity index (χ4n) is 1.70. The number of hydrogen-bond donors (Lipinski definition) is 2. The second kappa shape index (κ2) is 4.68. The Morgan fingerprint density at radius 3 is 2.88 bits per heavy atom. The molecule has 1 aromatic heterocycles. The van der Waals surface area contributed by atoms with Crippen LogP contribution in [0, 0.1) is 0 Å². The van der Waals surface area contributed by atoms with E-state index >= 15 is 0 Å². The minimum atomic E-state index is -0.109. The van der Waals surface area contributed by atoms with E-state index in [0.717, 1.165) is 11.1 Å². The van der Waals surface area contributed by atoms with Gasteiger partial charge in [-0.2, -0.15) is 0 Å². The van der Waals surface area contributed by atoms with Crippen molar-refractivity contribution in [2.24, 2.45) is 0 Å². The average Bonchev–Trinajstić information content (AvgIpc) is 2.25. The molecule has 0 atom stereocenters. The molecule has 2 rings (SSSR count). The second-order valence-corrected chi connectivity index (χ2v) is 4.12. The average molecular weight is 238 g/mol. The van der Waals surface area contributed by atoms with Crippen LogP contribution in [-0.2, 0) is 6.42 Å². The number of hydrogen-bond acceptors (Lipinski definition) is 2. The van der Waals surface area contributed by atoms with E-state index in [-0.39, 0.29) is 12.2 Å². The van der Waals surface area contributed by atoms with Crippen LogP contribution < -0.4 is 5.56 Å². The van der Waals surface area contributed by atoms with Crippen molar-refractivity contribution in [3.63, 3.8) is 0 Å². The van der Waals surface area contributed by atoms with Crippen molar-refractivity contribution in [2.75, 3.05) is 6.61 Å². The van der Waals surface area contributed by atoms with Gasteiger partial charge < -0.3 is 10.1 Å². The lowest BCUT2D eigenvalue weighted by Crippen LogP contribution is -2.09. The predicted molar refractivity (Wildman–Crippen MR) is 65.0 cm³/mol. The third-order valence-electron chi connectivity index (χ3n) is 2.47. The summed E-state index contributed by atoms with van der Waals surface area (Å²) in [4.78, 5) is 14.5. The molecule has 0 fully saturated rings. The number of halogens is 1. The third kappa shape index (κ3) is 2.26. The van der Waals surface area contributed by atoms with Crippen molar-refractivity contribution in [1.82, 2.24) is 4.98 Å². The van der Waals surface area contributed by atoms with Crippen LogP contribution in [0.5, 0.6) is 0 Å². The number of aromatic nitrogens is 1. The number of nitrogens with one attached hydrogen (secondary N) is 1. The van der Waals surface area contributed by atoms with Crippen LogP contribution in [0.1, 0.15) is 12.1 Å². The van der Waals surface area contributed by atoms with Gasteiger partial charge in [-0.25, -0.2) is 0 Å². The maximum atomic E-state index is 11.7. The molecule has 84 valence electrons. The maximum absolute atomic E-state index is 11.7. The van der Waals surface area contributed by atoms with Gasteiger partial charge in [0.2, 0.25) is 0 Å². The summed E-state index contributed by atoms with van der Waals surface area (Å²) in [7, 11) is 0. The third-order valence-corrected chi connectivity index (χ3v) is 2.70. The molecule has 4 heteroatoms. The molecule has 1 heterocycles. The number of aliphatic hydroxyl groups is 1. The van der Waals surface area contributed by atoms with Gasteiger partial charge in [-0.15, -0.1) is 0 Å². The predicted octanol–water partition coefficient (Wildman–Crippen LogP) is 2.11. The zero-order valence-electron chi connectivity index (χ0n) is 8.66. The molecule has 0 radical (unpaired) electrons. The second-order valence-electron chi connectivity index (χ2n) is 3.68. The topological polar surface area (TPSA) is 53.1 Å². The molecule has 0 saturated carbocycles. The highest BCUT2D eigenvalue weighted by atomic mass is 35.5. The van der Waals surface area contributed by atoms with Crippen LogP contribution in [0.3, 0.4) is 0 Å². The first kappa shape index (κ1) is 11.2. The first-order chi connectivity index (χ1) is 7.70. The first-order valence-electron chi connectivity index (χ1n) is 5.13. The number of aromatic amines is 1. The number of benzene rings is 1. The van der Waals surface area contributed by atoms with Crippen molar-refractivity contribution >= 4 is 22.4 Å². The fraction of sp³-hybridized carbons (Fsp3) is 0.250. The normalized spacial score (nSPS) is 10.9. The van der Waals surface area contributed by atoms with Crippen molar-refractivity contribution in [1.29, 1.82) is 0 Å². The molecule has 1 aromatic carbocycles. The Morgan fingerprint density at radius 2 is 2.12 bits per heavy atom. The zero-order valence-corrected chi connectivity index (χ0v) is 9.42. The van der Waals surface area contributed by atoms with Gasteiger partial charge in [0.05, 0.1) is 0 Å². The van der Waals surface area contributed by atoms with Crippen LogP contribution in [0.25, 0.3) is 10.8 Å². The lowest BCUT2D eigenvalue weighted by atomic mass is 10.1. The van der Waals surface area contributed by atoms with E-state index in [1.165, 1.54) is 0 Å². The summed E-state index contributed by atoms with van der Waals surface area (Å²) in [6.07, 6.45) is 1.30. The van der Waals surface area contributed by atoms with E-state index in [1.807, 2.05) is 6.07 Å². The van der Waals surface area contributed by atoms with Crippen molar-refractivity contribution in [3.8, 4) is 0 Å². The van der Waals surface area contributed by atoms with E-state index in [0.29, 0.717) is 23.3 Å². The molecule has 0 amide bonds. The Morgan fingerprint density at radius 1 is 1.31 bits per heavy atom. The van der Waals surface area contributed by atoms with Crippen LogP contribution in [0.4, 0.5) is 0 Å². The molecule has 0 saturated heterocycles. The Bertz CT molecular complexity index is 562. The highest BCUT2D eigenvalue weighted by Crippen LogP contribution is 2.17. The van der Waals surface area contributed by atoms with E-state index in [2.05, 4.69) is 4.98 Å². The molecular formula is C12H12ClNO2. The fourth-order valence-corrected chi connectivity index (χ4v) is 1.88. The highest BCUT2D eigenvalue weighted by Gasteiger charge is 2.02. The number of pyridine rings is 1. The number of aliphatic hydroxyl groups excluding tert-OH is 1. The van der Waals surface area contributed by atoms with Crippen LogP contribution in [0.2, 0.25) is 5.02 Å². The van der Waals surface area contributed by atoms with Gasteiger partial charge in [-0.1, -0.05) is 11.6 Å². The van der Waals surface area contributed by atoms with E-state index in [4.69, 9.17) is 16.7 Å². The lowest BCUT2D eigenvalue weighted by molar-refractivity contribution is 0.288. The highest BCUT2D eigenvalue weighted by molar-refractivity contribution is 6.31. The summed E-state index contributed by atoms with van der Waals surface area (Å²) >= 11 is 5.88. The summed E-state index contributed by atoms with van der Waals surface area (Å²) in [5, 5.41) is 10.8. The molecular weight excluding hydrogens is 226 g/mol. The smallest absolute Gasteiger partial charge is 0.256 e. The number of aryl methyl sites for hydroxylation is 1. The van der Waals surface area contributed by atoms with Crippen LogP contribution in [0.15, 0.2) is 29.1 Å². The number of fused-ring (bicyclic) bond motifs is 1. The molecule has 0 aliphatic heterocycles. The Kier molecular flexibility index (Phi) is 3.27. The Balaban J connectivity index is 2.52. The van der Waals surface area contributed by atoms with E-state index in [9.17, 15) is 4.79 Å². The SMILES string of the molecule is O=c1[nH]c(CCCO)cc2cc(Cl)ccc12.